The molecule has 1 amide bonds. The van der Waals surface area contributed by atoms with Crippen LogP contribution in [0, 0.1) is 0 Å². The number of fused-ring (bicyclic) bond motifs is 3. The molecule has 0 radical (unpaired) electrons. The first-order valence-electron chi connectivity index (χ1n) is 7.04. The molecule has 0 atom stereocenters. The summed E-state index contributed by atoms with van der Waals surface area (Å²) in [7, 11) is 0. The predicted octanol–water partition coefficient (Wildman–Crippen LogP) is 4.82. The van der Waals surface area contributed by atoms with Gasteiger partial charge in [0.15, 0.2) is 0 Å². The number of hydrogen-bond donors (Lipinski definition) is 1. The maximum Gasteiger partial charge on any atom is 0.249 e. The van der Waals surface area contributed by atoms with E-state index in [0.29, 0.717) is 5.56 Å². The van der Waals surface area contributed by atoms with Crippen molar-refractivity contribution < 1.29 is 4.79 Å². The third kappa shape index (κ3) is 1.98. The predicted molar refractivity (Wildman–Crippen MR) is 93.3 cm³/mol. The fraction of sp³-hybridized carbons (Fsp3) is 0. The van der Waals surface area contributed by atoms with E-state index in [2.05, 4.69) is 42.5 Å². The van der Waals surface area contributed by atoms with Crippen molar-refractivity contribution in [3.05, 3.63) is 72.3 Å². The van der Waals surface area contributed by atoms with Crippen LogP contribution in [0.3, 0.4) is 0 Å². The molecule has 106 valence electrons. The average Bonchev–Trinajstić information content (AvgIpc) is 2.92. The van der Waals surface area contributed by atoms with E-state index in [9.17, 15) is 4.79 Å². The normalized spacial score (nSPS) is 11.1. The first-order valence-corrected chi connectivity index (χ1v) is 7.86. The van der Waals surface area contributed by atoms with E-state index in [4.69, 9.17) is 5.73 Å². The minimum absolute atomic E-state index is 0.396. The van der Waals surface area contributed by atoms with Crippen molar-refractivity contribution in [2.24, 2.45) is 5.73 Å². The molecule has 1 heterocycles. The molecule has 3 aromatic carbocycles. The first kappa shape index (κ1) is 13.0. The number of benzene rings is 3. The van der Waals surface area contributed by atoms with Crippen LogP contribution in [-0.4, -0.2) is 5.91 Å². The van der Waals surface area contributed by atoms with E-state index in [1.165, 1.54) is 20.2 Å². The quantitative estimate of drug-likeness (QED) is 0.567. The zero-order valence-electron chi connectivity index (χ0n) is 11.7. The number of hydrogen-bond acceptors (Lipinski definition) is 2. The molecule has 2 nitrogen and oxygen atoms in total. The van der Waals surface area contributed by atoms with Gasteiger partial charge in [0.05, 0.1) is 0 Å². The molecular formula is C19H13NOS. The average molecular weight is 303 g/mol. The van der Waals surface area contributed by atoms with Crippen molar-refractivity contribution in [1.82, 2.24) is 0 Å². The molecule has 22 heavy (non-hydrogen) atoms. The minimum Gasteiger partial charge on any atom is -0.366 e. The third-order valence-corrected chi connectivity index (χ3v) is 5.02. The Labute approximate surface area is 131 Å². The van der Waals surface area contributed by atoms with Gasteiger partial charge in [0.1, 0.15) is 0 Å². The van der Waals surface area contributed by atoms with Crippen LogP contribution in [0.25, 0.3) is 31.3 Å². The fourth-order valence-corrected chi connectivity index (χ4v) is 3.99. The maximum atomic E-state index is 11.6. The Balaban J connectivity index is 1.97. The number of carbonyl (C=O) groups is 1. The summed E-state index contributed by atoms with van der Waals surface area (Å²) >= 11 is 1.77. The van der Waals surface area contributed by atoms with E-state index in [0.717, 1.165) is 11.1 Å². The Morgan fingerprint density at radius 1 is 0.818 bits per heavy atom. The zero-order valence-corrected chi connectivity index (χ0v) is 12.6. The molecule has 3 heteroatoms. The Kier molecular flexibility index (Phi) is 2.94. The monoisotopic (exact) mass is 303 g/mol. The van der Waals surface area contributed by atoms with Gasteiger partial charge in [-0.3, -0.25) is 4.79 Å². The van der Waals surface area contributed by atoms with Crippen LogP contribution in [0.4, 0.5) is 0 Å². The largest absolute Gasteiger partial charge is 0.366 e. The summed E-state index contributed by atoms with van der Waals surface area (Å²) in [5.74, 6) is -0.396. The van der Waals surface area contributed by atoms with Crippen LogP contribution in [0.5, 0.6) is 0 Å². The van der Waals surface area contributed by atoms with Crippen LogP contribution in [-0.2, 0) is 0 Å². The van der Waals surface area contributed by atoms with E-state index >= 15 is 0 Å². The summed E-state index contributed by atoms with van der Waals surface area (Å²) < 4.78 is 2.50. The molecule has 0 fully saturated rings. The molecule has 0 saturated carbocycles. The molecule has 0 spiro atoms. The number of thiophene rings is 1. The summed E-state index contributed by atoms with van der Waals surface area (Å²) in [6.07, 6.45) is 0. The summed E-state index contributed by atoms with van der Waals surface area (Å²) in [6.45, 7) is 0. The second-order valence-electron chi connectivity index (χ2n) is 5.22. The van der Waals surface area contributed by atoms with E-state index in [1.807, 2.05) is 18.2 Å². The minimum atomic E-state index is -0.396. The number of primary amides is 1. The standard InChI is InChI=1S/C19H13NOS/c20-19(21)16-7-2-1-5-13(16)12-9-10-15-14-6-3-4-8-17(14)22-18(15)11-12/h1-11H,(H2,20,21). The zero-order chi connectivity index (χ0) is 15.1. The van der Waals surface area contributed by atoms with Crippen LogP contribution in [0.2, 0.25) is 0 Å². The molecule has 0 aliphatic carbocycles. The SMILES string of the molecule is NC(=O)c1ccccc1-c1ccc2c(c1)sc1ccccc12. The Bertz CT molecular complexity index is 1020. The summed E-state index contributed by atoms with van der Waals surface area (Å²) in [4.78, 5) is 11.6. The highest BCUT2D eigenvalue weighted by Crippen LogP contribution is 2.36. The molecule has 4 aromatic rings. The summed E-state index contributed by atoms with van der Waals surface area (Å²) in [6, 6.07) is 22.2. The smallest absolute Gasteiger partial charge is 0.249 e. The Morgan fingerprint density at radius 2 is 1.55 bits per heavy atom. The Morgan fingerprint density at radius 3 is 2.41 bits per heavy atom. The van der Waals surface area contributed by atoms with Crippen molar-refractivity contribution in [2.45, 2.75) is 0 Å². The lowest BCUT2D eigenvalue weighted by molar-refractivity contribution is 0.100. The van der Waals surface area contributed by atoms with E-state index in [1.54, 1.807) is 17.4 Å². The van der Waals surface area contributed by atoms with Crippen molar-refractivity contribution in [2.75, 3.05) is 0 Å². The molecule has 0 bridgehead atoms. The lowest BCUT2D eigenvalue weighted by atomic mass is 9.98. The van der Waals surface area contributed by atoms with Crippen molar-refractivity contribution in [3.63, 3.8) is 0 Å². The number of carbonyl (C=O) groups excluding carboxylic acids is 1. The van der Waals surface area contributed by atoms with Gasteiger partial charge in [-0.25, -0.2) is 0 Å². The highest BCUT2D eigenvalue weighted by Gasteiger charge is 2.11. The van der Waals surface area contributed by atoms with Gasteiger partial charge in [-0.15, -0.1) is 11.3 Å². The van der Waals surface area contributed by atoms with Crippen LogP contribution < -0.4 is 5.73 Å². The molecule has 2 N–H and O–H groups in total. The molecule has 0 aliphatic heterocycles. The lowest BCUT2D eigenvalue weighted by Crippen LogP contribution is -2.12. The van der Waals surface area contributed by atoms with Gasteiger partial charge in [0, 0.05) is 25.7 Å². The number of amides is 1. The summed E-state index contributed by atoms with van der Waals surface area (Å²) in [5.41, 5.74) is 7.95. The topological polar surface area (TPSA) is 43.1 Å². The van der Waals surface area contributed by atoms with Crippen molar-refractivity contribution in [3.8, 4) is 11.1 Å². The van der Waals surface area contributed by atoms with Crippen LogP contribution in [0.15, 0.2) is 66.7 Å². The molecule has 0 aliphatic rings. The van der Waals surface area contributed by atoms with Crippen LogP contribution in [0.1, 0.15) is 10.4 Å². The molecule has 0 unspecified atom stereocenters. The van der Waals surface area contributed by atoms with Gasteiger partial charge in [0.25, 0.3) is 0 Å². The molecular weight excluding hydrogens is 290 g/mol. The van der Waals surface area contributed by atoms with Gasteiger partial charge in [-0.05, 0) is 29.3 Å². The summed E-state index contributed by atoms with van der Waals surface area (Å²) in [5, 5.41) is 2.53. The van der Waals surface area contributed by atoms with E-state index < -0.39 is 5.91 Å². The van der Waals surface area contributed by atoms with E-state index in [-0.39, 0.29) is 0 Å². The molecule has 4 rings (SSSR count). The first-order chi connectivity index (χ1) is 10.7. The highest BCUT2D eigenvalue weighted by molar-refractivity contribution is 7.25. The Hall–Kier alpha value is -2.65. The molecule has 1 aromatic heterocycles. The van der Waals surface area contributed by atoms with Gasteiger partial charge >= 0.3 is 0 Å². The fourth-order valence-electron chi connectivity index (χ4n) is 2.84. The maximum absolute atomic E-state index is 11.6. The van der Waals surface area contributed by atoms with Gasteiger partial charge in [-0.1, -0.05) is 48.5 Å². The third-order valence-electron chi connectivity index (χ3n) is 3.88. The van der Waals surface area contributed by atoms with Crippen LogP contribution >= 0.6 is 11.3 Å². The van der Waals surface area contributed by atoms with Crippen molar-refractivity contribution in [1.29, 1.82) is 0 Å². The second-order valence-corrected chi connectivity index (χ2v) is 6.30. The number of nitrogens with two attached hydrogens (primary N) is 1. The number of rotatable bonds is 2. The lowest BCUT2D eigenvalue weighted by Gasteiger charge is -2.06. The van der Waals surface area contributed by atoms with Crippen molar-refractivity contribution >= 4 is 37.4 Å². The molecule has 0 saturated heterocycles. The van der Waals surface area contributed by atoms with Gasteiger partial charge in [0.2, 0.25) is 5.91 Å². The second kappa shape index (κ2) is 4.97. The highest BCUT2D eigenvalue weighted by atomic mass is 32.1. The van der Waals surface area contributed by atoms with Gasteiger partial charge < -0.3 is 5.73 Å². The van der Waals surface area contributed by atoms with Gasteiger partial charge in [-0.2, -0.15) is 0 Å².